The van der Waals surface area contributed by atoms with Crippen molar-refractivity contribution in [2.75, 3.05) is 38.6 Å². The SMILES string of the molecule is Cc1ccc(C(CN2CCOCC2)NC(=O)CSc2nnnn2C2CCCC2)cc1. The molecule has 1 amide bonds. The van der Waals surface area contributed by atoms with Gasteiger partial charge in [-0.3, -0.25) is 9.69 Å². The molecule has 2 aromatic rings. The first-order chi connectivity index (χ1) is 14.7. The average molecular weight is 431 g/mol. The van der Waals surface area contributed by atoms with Crippen molar-refractivity contribution in [3.8, 4) is 0 Å². The van der Waals surface area contributed by atoms with Crippen molar-refractivity contribution in [1.29, 1.82) is 0 Å². The second-order valence-corrected chi connectivity index (χ2v) is 9.02. The summed E-state index contributed by atoms with van der Waals surface area (Å²) in [5, 5.41) is 16.1. The van der Waals surface area contributed by atoms with Crippen LogP contribution in [0.25, 0.3) is 0 Å². The molecule has 9 heteroatoms. The van der Waals surface area contributed by atoms with E-state index in [1.54, 1.807) is 0 Å². The first-order valence-electron chi connectivity index (χ1n) is 10.8. The molecule has 8 nitrogen and oxygen atoms in total. The third-order valence-corrected chi connectivity index (χ3v) is 6.76. The maximum atomic E-state index is 12.8. The molecule has 1 aromatic heterocycles. The van der Waals surface area contributed by atoms with E-state index in [1.807, 2.05) is 4.68 Å². The summed E-state index contributed by atoms with van der Waals surface area (Å²) < 4.78 is 7.36. The van der Waals surface area contributed by atoms with Gasteiger partial charge in [0.25, 0.3) is 0 Å². The molecule has 1 unspecified atom stereocenters. The van der Waals surface area contributed by atoms with Gasteiger partial charge in [-0.05, 0) is 35.8 Å². The lowest BCUT2D eigenvalue weighted by atomic mass is 10.0. The summed E-state index contributed by atoms with van der Waals surface area (Å²) in [4.78, 5) is 15.2. The second-order valence-electron chi connectivity index (χ2n) is 8.08. The van der Waals surface area contributed by atoms with Crippen LogP contribution in [0.4, 0.5) is 0 Å². The molecule has 4 rings (SSSR count). The highest BCUT2D eigenvalue weighted by Crippen LogP contribution is 2.31. The van der Waals surface area contributed by atoms with Crippen LogP contribution in [-0.2, 0) is 9.53 Å². The summed E-state index contributed by atoms with van der Waals surface area (Å²) >= 11 is 1.42. The number of hydrogen-bond acceptors (Lipinski definition) is 7. The van der Waals surface area contributed by atoms with E-state index in [1.165, 1.54) is 30.2 Å². The summed E-state index contributed by atoms with van der Waals surface area (Å²) in [6.45, 7) is 6.13. The number of rotatable bonds is 8. The fourth-order valence-corrected chi connectivity index (χ4v) is 4.86. The highest BCUT2D eigenvalue weighted by Gasteiger charge is 2.23. The van der Waals surface area contributed by atoms with E-state index >= 15 is 0 Å². The van der Waals surface area contributed by atoms with E-state index in [0.717, 1.165) is 56.4 Å². The maximum Gasteiger partial charge on any atom is 0.231 e. The van der Waals surface area contributed by atoms with Crippen LogP contribution in [-0.4, -0.2) is 69.6 Å². The van der Waals surface area contributed by atoms with Gasteiger partial charge in [0.2, 0.25) is 11.1 Å². The van der Waals surface area contributed by atoms with Crippen molar-refractivity contribution in [1.82, 2.24) is 30.4 Å². The molecule has 1 atom stereocenters. The van der Waals surface area contributed by atoms with Gasteiger partial charge in [-0.25, -0.2) is 4.68 Å². The van der Waals surface area contributed by atoms with E-state index in [9.17, 15) is 4.79 Å². The molecule has 0 radical (unpaired) electrons. The van der Waals surface area contributed by atoms with E-state index in [4.69, 9.17) is 4.74 Å². The van der Waals surface area contributed by atoms with Gasteiger partial charge in [0, 0.05) is 19.6 Å². The zero-order valence-electron chi connectivity index (χ0n) is 17.5. The zero-order chi connectivity index (χ0) is 20.8. The fourth-order valence-electron chi connectivity index (χ4n) is 4.10. The molecule has 1 N–H and O–H groups in total. The molecule has 1 aliphatic heterocycles. The molecule has 0 bridgehead atoms. The first-order valence-corrected chi connectivity index (χ1v) is 11.7. The van der Waals surface area contributed by atoms with Gasteiger partial charge >= 0.3 is 0 Å². The Balaban J connectivity index is 1.37. The number of tetrazole rings is 1. The molecule has 162 valence electrons. The van der Waals surface area contributed by atoms with E-state index in [0.29, 0.717) is 11.8 Å². The van der Waals surface area contributed by atoms with Gasteiger partial charge < -0.3 is 10.1 Å². The lowest BCUT2D eigenvalue weighted by molar-refractivity contribution is -0.119. The number of benzene rings is 1. The summed E-state index contributed by atoms with van der Waals surface area (Å²) in [6.07, 6.45) is 4.66. The lowest BCUT2D eigenvalue weighted by Gasteiger charge is -2.31. The molecular formula is C21H30N6O2S. The molecular weight excluding hydrogens is 400 g/mol. The predicted molar refractivity (Wildman–Crippen MR) is 115 cm³/mol. The number of thioether (sulfide) groups is 1. The van der Waals surface area contributed by atoms with Crippen molar-refractivity contribution in [2.24, 2.45) is 0 Å². The smallest absolute Gasteiger partial charge is 0.231 e. The monoisotopic (exact) mass is 430 g/mol. The number of nitrogens with zero attached hydrogens (tertiary/aromatic N) is 5. The van der Waals surface area contributed by atoms with Gasteiger partial charge in [0.15, 0.2) is 0 Å². The Bertz CT molecular complexity index is 815. The summed E-state index contributed by atoms with van der Waals surface area (Å²) in [5.74, 6) is 0.304. The number of aromatic nitrogens is 4. The van der Waals surface area contributed by atoms with Gasteiger partial charge in [-0.1, -0.05) is 54.4 Å². The largest absolute Gasteiger partial charge is 0.379 e. The van der Waals surface area contributed by atoms with Crippen molar-refractivity contribution < 1.29 is 9.53 Å². The first kappa shape index (κ1) is 21.3. The molecule has 30 heavy (non-hydrogen) atoms. The third kappa shape index (κ3) is 5.59. The Morgan fingerprint density at radius 2 is 1.97 bits per heavy atom. The molecule has 2 aliphatic rings. The minimum atomic E-state index is -0.0531. The van der Waals surface area contributed by atoms with Crippen LogP contribution in [0.1, 0.15) is 48.9 Å². The molecule has 1 saturated carbocycles. The predicted octanol–water partition coefficient (Wildman–Crippen LogP) is 2.38. The van der Waals surface area contributed by atoms with Crippen LogP contribution in [0.15, 0.2) is 29.4 Å². The molecule has 1 aromatic carbocycles. The summed E-state index contributed by atoms with van der Waals surface area (Å²) in [6, 6.07) is 8.72. The quantitative estimate of drug-likeness (QED) is 0.644. The van der Waals surface area contributed by atoms with Crippen molar-refractivity contribution in [3.05, 3.63) is 35.4 Å². The number of hydrogen-bond donors (Lipinski definition) is 1. The van der Waals surface area contributed by atoms with Crippen molar-refractivity contribution in [2.45, 2.75) is 49.8 Å². The minimum absolute atomic E-state index is 0.000179. The highest BCUT2D eigenvalue weighted by atomic mass is 32.2. The van der Waals surface area contributed by atoms with E-state index in [-0.39, 0.29) is 11.9 Å². The maximum absolute atomic E-state index is 12.8. The van der Waals surface area contributed by atoms with Gasteiger partial charge in [0.05, 0.1) is 31.1 Å². The Labute approximate surface area is 181 Å². The lowest BCUT2D eigenvalue weighted by Crippen LogP contribution is -2.43. The third-order valence-electron chi connectivity index (χ3n) is 5.82. The summed E-state index contributed by atoms with van der Waals surface area (Å²) in [5.41, 5.74) is 2.34. The van der Waals surface area contributed by atoms with E-state index < -0.39 is 0 Å². The topological polar surface area (TPSA) is 85.2 Å². The number of morpholine rings is 1. The van der Waals surface area contributed by atoms with Crippen molar-refractivity contribution in [3.63, 3.8) is 0 Å². The minimum Gasteiger partial charge on any atom is -0.379 e. The van der Waals surface area contributed by atoms with Crippen LogP contribution in [0, 0.1) is 6.92 Å². The van der Waals surface area contributed by atoms with Gasteiger partial charge in [0.1, 0.15) is 0 Å². The highest BCUT2D eigenvalue weighted by molar-refractivity contribution is 7.99. The average Bonchev–Trinajstić information content (AvgIpc) is 3.45. The number of carbonyl (C=O) groups excluding carboxylic acids is 1. The second kappa shape index (κ2) is 10.4. The van der Waals surface area contributed by atoms with Crippen LogP contribution >= 0.6 is 11.8 Å². The van der Waals surface area contributed by atoms with Crippen molar-refractivity contribution >= 4 is 17.7 Å². The number of aryl methyl sites for hydroxylation is 1. The molecule has 2 heterocycles. The normalized spacial score (nSPS) is 19.1. The van der Waals surface area contributed by atoms with Gasteiger partial charge in [-0.15, -0.1) is 5.10 Å². The fraction of sp³-hybridized carbons (Fsp3) is 0.619. The molecule has 1 aliphatic carbocycles. The number of nitrogens with one attached hydrogen (secondary N) is 1. The molecule has 2 fully saturated rings. The Morgan fingerprint density at radius 3 is 2.70 bits per heavy atom. The Kier molecular flexibility index (Phi) is 7.35. The van der Waals surface area contributed by atoms with Crippen LogP contribution in [0.3, 0.4) is 0 Å². The summed E-state index contributed by atoms with van der Waals surface area (Å²) in [7, 11) is 0. The standard InChI is InChI=1S/C21H30N6O2S/c1-16-6-8-17(9-7-16)19(14-26-10-12-29-13-11-26)22-20(28)15-30-21-23-24-25-27(21)18-4-2-3-5-18/h6-9,18-19H,2-5,10-15H2,1H3,(H,22,28). The van der Waals surface area contributed by atoms with Crippen LogP contribution in [0.2, 0.25) is 0 Å². The van der Waals surface area contributed by atoms with Crippen LogP contribution < -0.4 is 5.32 Å². The number of carbonyl (C=O) groups is 1. The van der Waals surface area contributed by atoms with Gasteiger partial charge in [-0.2, -0.15) is 0 Å². The zero-order valence-corrected chi connectivity index (χ0v) is 18.3. The number of amides is 1. The van der Waals surface area contributed by atoms with Crippen LogP contribution in [0.5, 0.6) is 0 Å². The van der Waals surface area contributed by atoms with E-state index in [2.05, 4.69) is 56.9 Å². The number of ether oxygens (including phenoxy) is 1. The Morgan fingerprint density at radius 1 is 1.23 bits per heavy atom. The molecule has 0 spiro atoms. The molecule has 1 saturated heterocycles. The Hall–Kier alpha value is -1.97.